The van der Waals surface area contributed by atoms with Gasteiger partial charge in [0.1, 0.15) is 5.75 Å². The van der Waals surface area contributed by atoms with Crippen LogP contribution in [0.3, 0.4) is 0 Å². The van der Waals surface area contributed by atoms with Gasteiger partial charge in [-0.15, -0.1) is 10.2 Å². The average Bonchev–Trinajstić information content (AvgIpc) is 3.12. The van der Waals surface area contributed by atoms with E-state index in [1.54, 1.807) is 7.11 Å². The van der Waals surface area contributed by atoms with Gasteiger partial charge in [-0.1, -0.05) is 24.6 Å². The fraction of sp³-hybridized carbons (Fsp3) is 0.571. The molecule has 1 aliphatic carbocycles. The second-order valence-electron chi connectivity index (χ2n) is 7.72. The van der Waals surface area contributed by atoms with E-state index in [-0.39, 0.29) is 5.91 Å². The molecule has 2 unspecified atom stereocenters. The van der Waals surface area contributed by atoms with Crippen LogP contribution in [0.15, 0.2) is 29.4 Å². The van der Waals surface area contributed by atoms with E-state index < -0.39 is 0 Å². The van der Waals surface area contributed by atoms with Crippen molar-refractivity contribution >= 4 is 17.7 Å². The predicted octanol–water partition coefficient (Wildman–Crippen LogP) is 3.76. The molecule has 2 aliphatic rings. The summed E-state index contributed by atoms with van der Waals surface area (Å²) in [6, 6.07) is 8.23. The number of thioether (sulfide) groups is 1. The minimum atomic E-state index is 0.246. The molecule has 1 aromatic carbocycles. The van der Waals surface area contributed by atoms with Crippen molar-refractivity contribution in [2.75, 3.05) is 19.4 Å². The number of fused-ring (bicyclic) bond motifs is 1. The van der Waals surface area contributed by atoms with Gasteiger partial charge < -0.3 is 14.2 Å². The summed E-state index contributed by atoms with van der Waals surface area (Å²) in [4.78, 5) is 15.1. The number of piperidine rings is 1. The van der Waals surface area contributed by atoms with Gasteiger partial charge in [0.25, 0.3) is 0 Å². The van der Waals surface area contributed by atoms with E-state index in [2.05, 4.69) is 15.1 Å². The van der Waals surface area contributed by atoms with E-state index in [0.29, 0.717) is 17.7 Å². The Hall–Kier alpha value is -2.02. The van der Waals surface area contributed by atoms with E-state index in [1.165, 1.54) is 43.9 Å². The molecule has 0 radical (unpaired) electrons. The van der Waals surface area contributed by atoms with Gasteiger partial charge in [-0.3, -0.25) is 4.79 Å². The highest BCUT2D eigenvalue weighted by molar-refractivity contribution is 7.99. The molecule has 4 rings (SSSR count). The maximum absolute atomic E-state index is 12.9. The zero-order valence-corrected chi connectivity index (χ0v) is 17.5. The maximum Gasteiger partial charge on any atom is 0.233 e. The van der Waals surface area contributed by atoms with E-state index >= 15 is 0 Å². The minimum absolute atomic E-state index is 0.246. The van der Waals surface area contributed by atoms with Gasteiger partial charge in [0, 0.05) is 25.2 Å². The Balaban J connectivity index is 1.40. The van der Waals surface area contributed by atoms with Gasteiger partial charge in [0.2, 0.25) is 5.91 Å². The number of likely N-dealkylation sites (tertiary alicyclic amines) is 1. The van der Waals surface area contributed by atoms with Crippen molar-refractivity contribution in [3.63, 3.8) is 0 Å². The van der Waals surface area contributed by atoms with Crippen molar-refractivity contribution in [1.29, 1.82) is 0 Å². The first-order chi connectivity index (χ1) is 13.7. The van der Waals surface area contributed by atoms with E-state index in [1.807, 2.05) is 35.9 Å². The molecule has 7 heteroatoms. The number of amides is 1. The lowest BCUT2D eigenvalue weighted by Crippen LogP contribution is -2.50. The third kappa shape index (κ3) is 3.90. The molecule has 1 aromatic heterocycles. The Morgan fingerprint density at radius 2 is 1.89 bits per heavy atom. The smallest absolute Gasteiger partial charge is 0.233 e. The number of methoxy groups -OCH3 is 1. The first-order valence-electron chi connectivity index (χ1n) is 10.1. The Morgan fingerprint density at radius 3 is 2.68 bits per heavy atom. The first kappa shape index (κ1) is 19.3. The molecule has 0 bridgehead atoms. The van der Waals surface area contributed by atoms with Crippen molar-refractivity contribution in [2.45, 2.75) is 49.7 Å². The number of hydrogen-bond donors (Lipinski definition) is 0. The molecule has 1 aliphatic heterocycles. The zero-order chi connectivity index (χ0) is 19.5. The summed E-state index contributed by atoms with van der Waals surface area (Å²) >= 11 is 1.48. The summed E-state index contributed by atoms with van der Waals surface area (Å²) < 4.78 is 7.17. The molecule has 1 amide bonds. The highest BCUT2D eigenvalue weighted by atomic mass is 32.2. The second kappa shape index (κ2) is 8.55. The first-order valence-corrected chi connectivity index (χ1v) is 11.1. The number of nitrogens with zero attached hydrogens (tertiary/aromatic N) is 4. The predicted molar refractivity (Wildman–Crippen MR) is 110 cm³/mol. The van der Waals surface area contributed by atoms with Crippen LogP contribution in [0.5, 0.6) is 5.75 Å². The van der Waals surface area contributed by atoms with Crippen molar-refractivity contribution in [2.24, 2.45) is 13.0 Å². The van der Waals surface area contributed by atoms with Crippen LogP contribution in [0.25, 0.3) is 11.4 Å². The number of carbonyl (C=O) groups is 1. The molecule has 2 heterocycles. The lowest BCUT2D eigenvalue weighted by Gasteiger charge is -2.44. The monoisotopic (exact) mass is 400 g/mol. The molecule has 150 valence electrons. The van der Waals surface area contributed by atoms with E-state index in [0.717, 1.165) is 35.3 Å². The van der Waals surface area contributed by atoms with Crippen LogP contribution in [-0.4, -0.2) is 51.0 Å². The number of rotatable bonds is 5. The average molecular weight is 401 g/mol. The third-order valence-electron chi connectivity index (χ3n) is 6.07. The molecular weight excluding hydrogens is 372 g/mol. The fourth-order valence-corrected chi connectivity index (χ4v) is 5.37. The van der Waals surface area contributed by atoms with Crippen LogP contribution in [-0.2, 0) is 11.8 Å². The molecular formula is C21H28N4O2S. The molecule has 2 fully saturated rings. The van der Waals surface area contributed by atoms with Crippen molar-refractivity contribution < 1.29 is 9.53 Å². The fourth-order valence-electron chi connectivity index (χ4n) is 4.58. The van der Waals surface area contributed by atoms with Crippen molar-refractivity contribution in [3.8, 4) is 17.1 Å². The quantitative estimate of drug-likeness (QED) is 0.715. The Labute approximate surface area is 170 Å². The molecule has 2 atom stereocenters. The Bertz CT molecular complexity index is 818. The second-order valence-corrected chi connectivity index (χ2v) is 8.67. The van der Waals surface area contributed by atoms with Gasteiger partial charge in [0.15, 0.2) is 11.0 Å². The van der Waals surface area contributed by atoms with E-state index in [4.69, 9.17) is 4.74 Å². The lowest BCUT2D eigenvalue weighted by molar-refractivity contribution is -0.134. The highest BCUT2D eigenvalue weighted by Crippen LogP contribution is 2.35. The minimum Gasteiger partial charge on any atom is -0.497 e. The van der Waals surface area contributed by atoms with Crippen LogP contribution in [0, 0.1) is 5.92 Å². The molecule has 28 heavy (non-hydrogen) atoms. The van der Waals surface area contributed by atoms with Gasteiger partial charge in [-0.2, -0.15) is 0 Å². The lowest BCUT2D eigenvalue weighted by atomic mass is 9.78. The van der Waals surface area contributed by atoms with Gasteiger partial charge in [-0.05, 0) is 55.9 Å². The maximum atomic E-state index is 12.9. The SMILES string of the molecule is COc1ccc(-c2nnc(SCC(=O)N3CCCC4CCCCC43)n2C)cc1. The Morgan fingerprint density at radius 1 is 1.14 bits per heavy atom. The zero-order valence-electron chi connectivity index (χ0n) is 16.6. The molecule has 1 saturated carbocycles. The van der Waals surface area contributed by atoms with Crippen molar-refractivity contribution in [1.82, 2.24) is 19.7 Å². The molecule has 0 N–H and O–H groups in total. The summed E-state index contributed by atoms with van der Waals surface area (Å²) in [6.45, 7) is 0.913. The third-order valence-corrected chi connectivity index (χ3v) is 7.08. The summed E-state index contributed by atoms with van der Waals surface area (Å²) in [7, 11) is 3.60. The number of hydrogen-bond acceptors (Lipinski definition) is 5. The summed E-state index contributed by atoms with van der Waals surface area (Å²) in [5, 5.41) is 9.41. The number of benzene rings is 1. The largest absolute Gasteiger partial charge is 0.497 e. The van der Waals surface area contributed by atoms with Crippen LogP contribution >= 0.6 is 11.8 Å². The normalized spacial score (nSPS) is 22.0. The van der Waals surface area contributed by atoms with Crippen LogP contribution < -0.4 is 4.74 Å². The summed E-state index contributed by atoms with van der Waals surface area (Å²) in [6.07, 6.45) is 7.47. The number of carbonyl (C=O) groups excluding carboxylic acids is 1. The molecule has 6 nitrogen and oxygen atoms in total. The number of ether oxygens (including phenoxy) is 1. The van der Waals surface area contributed by atoms with Crippen LogP contribution in [0.4, 0.5) is 0 Å². The van der Waals surface area contributed by atoms with Crippen molar-refractivity contribution in [3.05, 3.63) is 24.3 Å². The van der Waals surface area contributed by atoms with Gasteiger partial charge in [0.05, 0.1) is 12.9 Å². The van der Waals surface area contributed by atoms with Gasteiger partial charge in [-0.25, -0.2) is 0 Å². The highest BCUT2D eigenvalue weighted by Gasteiger charge is 2.35. The summed E-state index contributed by atoms with van der Waals surface area (Å²) in [5.41, 5.74) is 0.982. The standard InChI is InChI=1S/C21H28N4O2S/c1-24-20(16-9-11-17(27-2)12-10-16)22-23-21(24)28-14-19(26)25-13-5-7-15-6-3-4-8-18(15)25/h9-12,15,18H,3-8,13-14H2,1-2H3. The molecule has 2 aromatic rings. The molecule has 0 spiro atoms. The number of aromatic nitrogens is 3. The van der Waals surface area contributed by atoms with Crippen LogP contribution in [0.1, 0.15) is 38.5 Å². The van der Waals surface area contributed by atoms with Crippen LogP contribution in [0.2, 0.25) is 0 Å². The van der Waals surface area contributed by atoms with Gasteiger partial charge >= 0.3 is 0 Å². The van der Waals surface area contributed by atoms with E-state index in [9.17, 15) is 4.79 Å². The Kier molecular flexibility index (Phi) is 5.90. The molecule has 1 saturated heterocycles. The topological polar surface area (TPSA) is 60.3 Å². The summed E-state index contributed by atoms with van der Waals surface area (Å²) in [5.74, 6) is 3.00.